The lowest BCUT2D eigenvalue weighted by Gasteiger charge is -2.12. The fraction of sp³-hybridized carbons (Fsp3) is 0.320. The Morgan fingerprint density at radius 3 is 2.47 bits per heavy atom. The highest BCUT2D eigenvalue weighted by Crippen LogP contribution is 2.34. The lowest BCUT2D eigenvalue weighted by atomic mass is 10.0. The van der Waals surface area contributed by atoms with E-state index in [4.69, 9.17) is 15.6 Å². The summed E-state index contributed by atoms with van der Waals surface area (Å²) in [7, 11) is 1.54. The summed E-state index contributed by atoms with van der Waals surface area (Å²) in [4.78, 5) is 24.7. The number of primary amides is 1. The van der Waals surface area contributed by atoms with Gasteiger partial charge in [0.1, 0.15) is 11.4 Å². The molecular weight excluding hydrogens is 404 g/mol. The minimum atomic E-state index is -0.463. The first kappa shape index (κ1) is 21.6. The molecule has 0 bridgehead atoms. The van der Waals surface area contributed by atoms with E-state index in [0.29, 0.717) is 35.2 Å². The lowest BCUT2D eigenvalue weighted by molar-refractivity contribution is 0.0946. The second-order valence-electron chi connectivity index (χ2n) is 8.14. The van der Waals surface area contributed by atoms with Crippen LogP contribution in [0.15, 0.2) is 48.5 Å². The smallest absolute Gasteiger partial charge is 0.255 e. The van der Waals surface area contributed by atoms with Crippen LogP contribution < -0.4 is 15.8 Å². The SMILES string of the molecule is COc1ccccc1C(=O)NCc1ccc(-c2nn(C3CCCC3)c(C)c2C(N)=O)cc1. The fourth-order valence-electron chi connectivity index (χ4n) is 4.41. The van der Waals surface area contributed by atoms with Gasteiger partial charge in [-0.15, -0.1) is 0 Å². The molecule has 0 spiro atoms. The van der Waals surface area contributed by atoms with Crippen molar-refractivity contribution in [3.05, 3.63) is 70.9 Å². The van der Waals surface area contributed by atoms with Crippen LogP contribution in [0.3, 0.4) is 0 Å². The van der Waals surface area contributed by atoms with Gasteiger partial charge in [-0.2, -0.15) is 5.10 Å². The van der Waals surface area contributed by atoms with Crippen LogP contribution >= 0.6 is 0 Å². The predicted molar refractivity (Wildman–Crippen MR) is 123 cm³/mol. The Labute approximate surface area is 187 Å². The van der Waals surface area contributed by atoms with Crippen molar-refractivity contribution in [1.82, 2.24) is 15.1 Å². The van der Waals surface area contributed by atoms with E-state index in [9.17, 15) is 9.59 Å². The first-order valence-electron chi connectivity index (χ1n) is 10.9. The van der Waals surface area contributed by atoms with Gasteiger partial charge in [-0.05, 0) is 37.5 Å². The number of para-hydroxylation sites is 1. The third-order valence-electron chi connectivity index (χ3n) is 6.10. The zero-order chi connectivity index (χ0) is 22.7. The number of amides is 2. The molecule has 1 fully saturated rings. The van der Waals surface area contributed by atoms with Crippen LogP contribution in [0.5, 0.6) is 5.75 Å². The van der Waals surface area contributed by atoms with Gasteiger partial charge in [0.05, 0.1) is 24.3 Å². The molecule has 1 aliphatic carbocycles. The van der Waals surface area contributed by atoms with Crippen LogP contribution in [0, 0.1) is 6.92 Å². The van der Waals surface area contributed by atoms with Gasteiger partial charge < -0.3 is 15.8 Å². The van der Waals surface area contributed by atoms with E-state index in [-0.39, 0.29) is 5.91 Å². The van der Waals surface area contributed by atoms with Gasteiger partial charge in [0.2, 0.25) is 0 Å². The van der Waals surface area contributed by atoms with Crippen LogP contribution in [0.2, 0.25) is 0 Å². The number of rotatable bonds is 7. The molecule has 7 heteroatoms. The average molecular weight is 433 g/mol. The van der Waals surface area contributed by atoms with E-state index in [1.165, 1.54) is 12.8 Å². The van der Waals surface area contributed by atoms with E-state index in [1.807, 2.05) is 41.9 Å². The summed E-state index contributed by atoms with van der Waals surface area (Å²) >= 11 is 0. The maximum absolute atomic E-state index is 12.5. The minimum Gasteiger partial charge on any atom is -0.496 e. The number of hydrogen-bond donors (Lipinski definition) is 2. The zero-order valence-electron chi connectivity index (χ0n) is 18.4. The van der Waals surface area contributed by atoms with E-state index in [1.54, 1.807) is 25.3 Å². The van der Waals surface area contributed by atoms with Crippen molar-refractivity contribution in [3.63, 3.8) is 0 Å². The topological polar surface area (TPSA) is 99.2 Å². The van der Waals surface area contributed by atoms with Crippen LogP contribution in [0.25, 0.3) is 11.3 Å². The van der Waals surface area contributed by atoms with Gasteiger partial charge in [0.15, 0.2) is 0 Å². The van der Waals surface area contributed by atoms with Crippen molar-refractivity contribution >= 4 is 11.8 Å². The minimum absolute atomic E-state index is 0.200. The Kier molecular flexibility index (Phi) is 6.25. The van der Waals surface area contributed by atoms with Gasteiger partial charge >= 0.3 is 0 Å². The molecule has 2 aromatic carbocycles. The maximum atomic E-state index is 12.5. The van der Waals surface area contributed by atoms with Gasteiger partial charge in [-0.1, -0.05) is 49.2 Å². The van der Waals surface area contributed by atoms with E-state index < -0.39 is 5.91 Å². The molecule has 4 rings (SSSR count). The number of nitrogens with zero attached hydrogens (tertiary/aromatic N) is 2. The van der Waals surface area contributed by atoms with Crippen molar-refractivity contribution < 1.29 is 14.3 Å². The Hall–Kier alpha value is -3.61. The average Bonchev–Trinajstić information content (AvgIpc) is 3.45. The number of benzene rings is 2. The molecule has 0 aliphatic heterocycles. The van der Waals surface area contributed by atoms with Gasteiger partial charge in [0, 0.05) is 17.8 Å². The van der Waals surface area contributed by atoms with Gasteiger partial charge in [-0.25, -0.2) is 0 Å². The summed E-state index contributed by atoms with van der Waals surface area (Å²) in [6, 6.07) is 15.1. The highest BCUT2D eigenvalue weighted by atomic mass is 16.5. The van der Waals surface area contributed by atoms with Crippen molar-refractivity contribution in [2.45, 2.75) is 45.2 Å². The number of aromatic nitrogens is 2. The van der Waals surface area contributed by atoms with Crippen molar-refractivity contribution in [2.75, 3.05) is 7.11 Å². The fourth-order valence-corrected chi connectivity index (χ4v) is 4.41. The molecule has 0 unspecified atom stereocenters. The van der Waals surface area contributed by atoms with Gasteiger partial charge in [0.25, 0.3) is 11.8 Å². The number of carbonyl (C=O) groups excluding carboxylic acids is 2. The number of methoxy groups -OCH3 is 1. The van der Waals surface area contributed by atoms with Crippen molar-refractivity contribution in [2.24, 2.45) is 5.73 Å². The second kappa shape index (κ2) is 9.26. The molecule has 0 saturated heterocycles. The molecule has 1 aromatic heterocycles. The normalized spacial score (nSPS) is 13.8. The van der Waals surface area contributed by atoms with E-state index in [2.05, 4.69) is 5.32 Å². The molecule has 1 heterocycles. The van der Waals surface area contributed by atoms with E-state index >= 15 is 0 Å². The number of nitrogens with two attached hydrogens (primary N) is 1. The molecule has 0 atom stereocenters. The van der Waals surface area contributed by atoms with Crippen LogP contribution in [-0.4, -0.2) is 28.7 Å². The first-order chi connectivity index (χ1) is 15.5. The molecule has 7 nitrogen and oxygen atoms in total. The highest BCUT2D eigenvalue weighted by molar-refractivity contribution is 6.00. The van der Waals surface area contributed by atoms with Gasteiger partial charge in [-0.3, -0.25) is 14.3 Å². The van der Waals surface area contributed by atoms with Crippen LogP contribution in [0.1, 0.15) is 63.7 Å². The molecule has 1 saturated carbocycles. The summed E-state index contributed by atoms with van der Waals surface area (Å²) in [5.74, 6) is -0.129. The molecule has 3 N–H and O–H groups in total. The summed E-state index contributed by atoms with van der Waals surface area (Å²) in [5, 5.41) is 7.69. The highest BCUT2D eigenvalue weighted by Gasteiger charge is 2.26. The monoisotopic (exact) mass is 432 g/mol. The number of ether oxygens (including phenoxy) is 1. The standard InChI is InChI=1S/C25H28N4O3/c1-16-22(24(26)30)23(28-29(16)19-7-3-4-8-19)18-13-11-17(12-14-18)15-27-25(31)20-9-5-6-10-21(20)32-2/h5-6,9-14,19H,3-4,7-8,15H2,1-2H3,(H2,26,30)(H,27,31). The number of nitrogens with one attached hydrogen (secondary N) is 1. The first-order valence-corrected chi connectivity index (χ1v) is 10.9. The maximum Gasteiger partial charge on any atom is 0.255 e. The Bertz CT molecular complexity index is 1130. The molecule has 3 aromatic rings. The van der Waals surface area contributed by atoms with Crippen LogP contribution in [0.4, 0.5) is 0 Å². The Morgan fingerprint density at radius 2 is 1.81 bits per heavy atom. The lowest BCUT2D eigenvalue weighted by Crippen LogP contribution is -2.23. The largest absolute Gasteiger partial charge is 0.496 e. The third-order valence-corrected chi connectivity index (χ3v) is 6.10. The zero-order valence-corrected chi connectivity index (χ0v) is 18.4. The molecule has 166 valence electrons. The molecule has 0 radical (unpaired) electrons. The number of hydrogen-bond acceptors (Lipinski definition) is 4. The summed E-state index contributed by atoms with van der Waals surface area (Å²) in [6.45, 7) is 2.28. The molecule has 1 aliphatic rings. The van der Waals surface area contributed by atoms with Crippen molar-refractivity contribution in [1.29, 1.82) is 0 Å². The number of carbonyl (C=O) groups is 2. The quantitative estimate of drug-likeness (QED) is 0.589. The Morgan fingerprint density at radius 1 is 1.12 bits per heavy atom. The molecule has 32 heavy (non-hydrogen) atoms. The van der Waals surface area contributed by atoms with E-state index in [0.717, 1.165) is 29.7 Å². The Balaban J connectivity index is 1.52. The summed E-state index contributed by atoms with van der Waals surface area (Å²) in [6.07, 6.45) is 4.51. The molecule has 2 amide bonds. The predicted octanol–water partition coefficient (Wildman–Crippen LogP) is 4.01. The summed E-state index contributed by atoms with van der Waals surface area (Å²) in [5.41, 5.74) is 9.89. The second-order valence-corrected chi connectivity index (χ2v) is 8.14. The van der Waals surface area contributed by atoms with Crippen molar-refractivity contribution in [3.8, 4) is 17.0 Å². The molecular formula is C25H28N4O3. The van der Waals surface area contributed by atoms with Crippen LogP contribution in [-0.2, 0) is 6.54 Å². The summed E-state index contributed by atoms with van der Waals surface area (Å²) < 4.78 is 7.23. The third kappa shape index (κ3) is 4.23.